The molecule has 0 saturated heterocycles. The summed E-state index contributed by atoms with van der Waals surface area (Å²) in [6.07, 6.45) is 0.629. The molecule has 0 saturated carbocycles. The normalized spacial score (nSPS) is 12.0. The lowest BCUT2D eigenvalue weighted by Crippen LogP contribution is -2.23. The van der Waals surface area contributed by atoms with Crippen molar-refractivity contribution in [3.63, 3.8) is 0 Å². The van der Waals surface area contributed by atoms with Gasteiger partial charge in [-0.15, -0.1) is 11.3 Å². The first-order valence-electron chi connectivity index (χ1n) is 10.1. The SMILES string of the molecule is Cc1ccc(-c2csc3nc(SC(C)C(=O)Nc4cc(C=O)ccc4O)[nH]c(=O)c23)cc1C. The molecule has 0 fully saturated rings. The second kappa shape index (κ2) is 9.21. The molecule has 2 aromatic carbocycles. The van der Waals surface area contributed by atoms with Gasteiger partial charge in [0.15, 0.2) is 5.16 Å². The molecule has 3 N–H and O–H groups in total. The summed E-state index contributed by atoms with van der Waals surface area (Å²) in [4.78, 5) is 44.4. The van der Waals surface area contributed by atoms with Crippen molar-refractivity contribution in [3.05, 3.63) is 68.8 Å². The number of nitrogens with one attached hydrogen (secondary N) is 2. The Morgan fingerprint density at radius 3 is 2.73 bits per heavy atom. The van der Waals surface area contributed by atoms with Gasteiger partial charge in [-0.3, -0.25) is 14.4 Å². The molecule has 4 rings (SSSR count). The molecular formula is C24H21N3O4S2. The number of carbonyl (C=O) groups excluding carboxylic acids is 2. The van der Waals surface area contributed by atoms with E-state index in [1.165, 1.54) is 35.1 Å². The molecule has 33 heavy (non-hydrogen) atoms. The minimum absolute atomic E-state index is 0.142. The number of rotatable bonds is 6. The maximum Gasteiger partial charge on any atom is 0.260 e. The van der Waals surface area contributed by atoms with Crippen LogP contribution in [0.4, 0.5) is 5.69 Å². The number of fused-ring (bicyclic) bond motifs is 1. The molecule has 0 aliphatic carbocycles. The Hall–Kier alpha value is -3.43. The van der Waals surface area contributed by atoms with Crippen LogP contribution in [0.2, 0.25) is 0 Å². The summed E-state index contributed by atoms with van der Waals surface area (Å²) in [6, 6.07) is 10.3. The van der Waals surface area contributed by atoms with Crippen molar-refractivity contribution in [1.29, 1.82) is 0 Å². The van der Waals surface area contributed by atoms with Crippen LogP contribution in [0.25, 0.3) is 21.3 Å². The first-order valence-corrected chi connectivity index (χ1v) is 11.9. The number of phenols is 1. The number of thiophene rings is 1. The summed E-state index contributed by atoms with van der Waals surface area (Å²) in [5.41, 5.74) is 4.33. The van der Waals surface area contributed by atoms with Gasteiger partial charge in [-0.25, -0.2) is 4.98 Å². The molecule has 0 aliphatic heterocycles. The van der Waals surface area contributed by atoms with E-state index < -0.39 is 11.2 Å². The van der Waals surface area contributed by atoms with Crippen LogP contribution in [0.15, 0.2) is 51.7 Å². The molecule has 1 amide bonds. The minimum Gasteiger partial charge on any atom is -0.506 e. The topological polar surface area (TPSA) is 112 Å². The number of phenolic OH excluding ortho intramolecular Hbond substituents is 1. The number of aromatic hydroxyl groups is 1. The standard InChI is InChI=1S/C24H21N3O4S2/c1-12-4-6-16(8-13(12)2)17-11-32-23-20(17)22(31)26-24(27-23)33-14(3)21(30)25-18-9-15(10-28)5-7-19(18)29/h4-11,14,29H,1-3H3,(H,25,30)(H,26,27,31). The van der Waals surface area contributed by atoms with Crippen LogP contribution < -0.4 is 10.9 Å². The van der Waals surface area contributed by atoms with Crippen LogP contribution in [0.5, 0.6) is 5.75 Å². The highest BCUT2D eigenvalue weighted by atomic mass is 32.2. The fraction of sp³-hybridized carbons (Fsp3) is 0.167. The number of aryl methyl sites for hydroxylation is 2. The zero-order valence-electron chi connectivity index (χ0n) is 18.1. The van der Waals surface area contributed by atoms with E-state index >= 15 is 0 Å². The van der Waals surface area contributed by atoms with E-state index in [-0.39, 0.29) is 17.0 Å². The summed E-state index contributed by atoms with van der Waals surface area (Å²) in [7, 11) is 0. The number of thioether (sulfide) groups is 1. The van der Waals surface area contributed by atoms with E-state index in [1.54, 1.807) is 6.92 Å². The molecular weight excluding hydrogens is 458 g/mol. The Labute approximate surface area is 197 Å². The lowest BCUT2D eigenvalue weighted by atomic mass is 10.0. The zero-order valence-corrected chi connectivity index (χ0v) is 19.8. The van der Waals surface area contributed by atoms with E-state index in [4.69, 9.17) is 0 Å². The summed E-state index contributed by atoms with van der Waals surface area (Å²) in [6.45, 7) is 5.74. The molecule has 0 bridgehead atoms. The van der Waals surface area contributed by atoms with E-state index in [0.717, 1.165) is 28.5 Å². The molecule has 2 aromatic heterocycles. The molecule has 0 spiro atoms. The van der Waals surface area contributed by atoms with Crippen molar-refractivity contribution < 1.29 is 14.7 Å². The number of amides is 1. The lowest BCUT2D eigenvalue weighted by molar-refractivity contribution is -0.115. The number of hydrogen-bond acceptors (Lipinski definition) is 7. The number of H-pyrrole nitrogens is 1. The van der Waals surface area contributed by atoms with Crippen molar-refractivity contribution >= 4 is 51.2 Å². The average molecular weight is 480 g/mol. The Morgan fingerprint density at radius 2 is 2.00 bits per heavy atom. The lowest BCUT2D eigenvalue weighted by Gasteiger charge is -2.12. The van der Waals surface area contributed by atoms with Crippen LogP contribution in [0.1, 0.15) is 28.4 Å². The van der Waals surface area contributed by atoms with E-state index in [1.807, 2.05) is 31.4 Å². The highest BCUT2D eigenvalue weighted by Gasteiger charge is 2.20. The summed E-state index contributed by atoms with van der Waals surface area (Å²) in [5.74, 6) is -0.542. The maximum absolute atomic E-state index is 12.9. The van der Waals surface area contributed by atoms with Gasteiger partial charge in [-0.1, -0.05) is 30.0 Å². The van der Waals surface area contributed by atoms with Gasteiger partial charge in [0.1, 0.15) is 16.9 Å². The van der Waals surface area contributed by atoms with Crippen molar-refractivity contribution in [1.82, 2.24) is 9.97 Å². The first kappa shape index (κ1) is 22.8. The predicted octanol–water partition coefficient (Wildman–Crippen LogP) is 4.91. The second-order valence-electron chi connectivity index (χ2n) is 7.64. The number of aldehydes is 1. The Morgan fingerprint density at radius 1 is 1.21 bits per heavy atom. The van der Waals surface area contributed by atoms with Gasteiger partial charge in [-0.05, 0) is 55.7 Å². The van der Waals surface area contributed by atoms with Crippen LogP contribution in [0, 0.1) is 13.8 Å². The van der Waals surface area contributed by atoms with Gasteiger partial charge < -0.3 is 15.4 Å². The van der Waals surface area contributed by atoms with Crippen molar-refractivity contribution in [2.24, 2.45) is 0 Å². The zero-order chi connectivity index (χ0) is 23.7. The van der Waals surface area contributed by atoms with E-state index in [2.05, 4.69) is 21.4 Å². The van der Waals surface area contributed by atoms with Crippen molar-refractivity contribution in [2.75, 3.05) is 5.32 Å². The van der Waals surface area contributed by atoms with Crippen LogP contribution in [-0.4, -0.2) is 32.5 Å². The van der Waals surface area contributed by atoms with Gasteiger partial charge in [0.05, 0.1) is 16.3 Å². The molecule has 0 radical (unpaired) electrons. The summed E-state index contributed by atoms with van der Waals surface area (Å²) >= 11 is 2.48. The number of aromatic amines is 1. The fourth-order valence-electron chi connectivity index (χ4n) is 3.29. The highest BCUT2D eigenvalue weighted by Crippen LogP contribution is 2.33. The third-order valence-corrected chi connectivity index (χ3v) is 7.17. The van der Waals surface area contributed by atoms with Gasteiger partial charge in [0, 0.05) is 16.5 Å². The smallest absolute Gasteiger partial charge is 0.260 e. The fourth-order valence-corrected chi connectivity index (χ4v) is 5.09. The van der Waals surface area contributed by atoms with E-state index in [0.29, 0.717) is 27.2 Å². The highest BCUT2D eigenvalue weighted by molar-refractivity contribution is 8.00. The molecule has 9 heteroatoms. The predicted molar refractivity (Wildman–Crippen MR) is 133 cm³/mol. The largest absolute Gasteiger partial charge is 0.506 e. The first-order chi connectivity index (χ1) is 15.8. The number of hydrogen-bond donors (Lipinski definition) is 3. The van der Waals surface area contributed by atoms with Crippen LogP contribution >= 0.6 is 23.1 Å². The van der Waals surface area contributed by atoms with Crippen molar-refractivity contribution in [3.8, 4) is 16.9 Å². The van der Waals surface area contributed by atoms with Gasteiger partial charge >= 0.3 is 0 Å². The number of anilines is 1. The molecule has 0 aliphatic rings. The van der Waals surface area contributed by atoms with Gasteiger partial charge in [-0.2, -0.15) is 0 Å². The molecule has 1 unspecified atom stereocenters. The van der Waals surface area contributed by atoms with E-state index in [9.17, 15) is 19.5 Å². The Balaban J connectivity index is 1.57. The second-order valence-corrected chi connectivity index (χ2v) is 9.83. The molecule has 1 atom stereocenters. The third kappa shape index (κ3) is 4.69. The number of carbonyl (C=O) groups is 2. The summed E-state index contributed by atoms with van der Waals surface area (Å²) in [5, 5.41) is 14.7. The summed E-state index contributed by atoms with van der Waals surface area (Å²) < 4.78 is 0. The van der Waals surface area contributed by atoms with Gasteiger partial charge in [0.25, 0.3) is 5.56 Å². The third-order valence-electron chi connectivity index (χ3n) is 5.31. The number of nitrogens with zero attached hydrogens (tertiary/aromatic N) is 1. The van der Waals surface area contributed by atoms with Gasteiger partial charge in [0.2, 0.25) is 5.91 Å². The molecule has 7 nitrogen and oxygen atoms in total. The number of aromatic nitrogens is 2. The van der Waals surface area contributed by atoms with Crippen LogP contribution in [-0.2, 0) is 4.79 Å². The Kier molecular flexibility index (Phi) is 6.35. The molecule has 168 valence electrons. The number of benzene rings is 2. The molecule has 4 aromatic rings. The van der Waals surface area contributed by atoms with Crippen molar-refractivity contribution in [2.45, 2.75) is 31.2 Å². The van der Waals surface area contributed by atoms with Crippen LogP contribution in [0.3, 0.4) is 0 Å². The molecule has 2 heterocycles. The minimum atomic E-state index is -0.621. The average Bonchev–Trinajstić information content (AvgIpc) is 3.21. The monoisotopic (exact) mass is 479 g/mol. The quantitative estimate of drug-likeness (QED) is 0.157. The maximum atomic E-state index is 12.9. The Bertz CT molecular complexity index is 1440.